The molecule has 0 bridgehead atoms. The van der Waals surface area contributed by atoms with E-state index in [-0.39, 0.29) is 31.0 Å². The van der Waals surface area contributed by atoms with E-state index >= 15 is 0 Å². The number of carbonyl (C=O) groups is 3. The van der Waals surface area contributed by atoms with Gasteiger partial charge in [-0.05, 0) is 25.0 Å². The Bertz CT molecular complexity index is 1020. The normalized spacial score (nSPS) is 13.8. The zero-order chi connectivity index (χ0) is 22.2. The average molecular weight is 447 g/mol. The molecule has 1 aliphatic rings. The third-order valence-electron chi connectivity index (χ3n) is 5.10. The molecular weight excluding hydrogens is 420 g/mol. The predicted octanol–water partition coefficient (Wildman–Crippen LogP) is 2.21. The van der Waals surface area contributed by atoms with E-state index in [2.05, 4.69) is 20.4 Å². The Morgan fingerprint density at radius 1 is 1.19 bits per heavy atom. The number of methoxy groups -OCH3 is 1. The van der Waals surface area contributed by atoms with E-state index < -0.39 is 17.9 Å². The van der Waals surface area contributed by atoms with Crippen molar-refractivity contribution >= 4 is 40.6 Å². The minimum Gasteiger partial charge on any atom is -0.469 e. The topological polar surface area (TPSA) is 119 Å². The number of urea groups is 1. The fraction of sp³-hybridized carbons (Fsp3) is 0.476. The van der Waals surface area contributed by atoms with Gasteiger partial charge in [0, 0.05) is 24.8 Å². The Balaban J connectivity index is 1.62. The standard InChI is InChI=1S/C21H26N4O5S/c1-30-18(27)10-12-25-19(28)15-8-4-5-9-16(15)23-21(25)31-13-11-17(26)24-20(29)22-14-6-2-3-7-14/h4-5,8-9,14H,2-3,6-7,10-13H2,1H3,(H2,22,24,26,29). The van der Waals surface area contributed by atoms with Crippen molar-refractivity contribution in [2.45, 2.75) is 56.3 Å². The summed E-state index contributed by atoms with van der Waals surface area (Å²) in [5.41, 5.74) is 0.294. The molecule has 1 aromatic carbocycles. The van der Waals surface area contributed by atoms with E-state index in [4.69, 9.17) is 0 Å². The molecular formula is C21H26N4O5S. The number of ether oxygens (including phenoxy) is 1. The van der Waals surface area contributed by atoms with Gasteiger partial charge in [-0.3, -0.25) is 24.3 Å². The van der Waals surface area contributed by atoms with E-state index in [1.165, 1.54) is 23.4 Å². The number of imide groups is 1. The van der Waals surface area contributed by atoms with Gasteiger partial charge in [-0.15, -0.1) is 0 Å². The molecule has 10 heteroatoms. The summed E-state index contributed by atoms with van der Waals surface area (Å²) in [6, 6.07) is 6.63. The highest BCUT2D eigenvalue weighted by molar-refractivity contribution is 7.99. The summed E-state index contributed by atoms with van der Waals surface area (Å²) in [5, 5.41) is 6.02. The van der Waals surface area contributed by atoms with Crippen LogP contribution in [0.1, 0.15) is 38.5 Å². The Morgan fingerprint density at radius 2 is 1.94 bits per heavy atom. The van der Waals surface area contributed by atoms with Crippen molar-refractivity contribution in [1.29, 1.82) is 0 Å². The lowest BCUT2D eigenvalue weighted by atomic mass is 10.2. The van der Waals surface area contributed by atoms with Crippen molar-refractivity contribution in [3.05, 3.63) is 34.6 Å². The Labute approximate surface area is 183 Å². The van der Waals surface area contributed by atoms with Gasteiger partial charge >= 0.3 is 12.0 Å². The second-order valence-corrected chi connectivity index (χ2v) is 8.36. The number of amides is 3. The maximum atomic E-state index is 12.9. The second-order valence-electron chi connectivity index (χ2n) is 7.30. The van der Waals surface area contributed by atoms with Crippen molar-refractivity contribution in [2.24, 2.45) is 0 Å². The van der Waals surface area contributed by atoms with Crippen LogP contribution in [0.2, 0.25) is 0 Å². The van der Waals surface area contributed by atoms with Gasteiger partial charge in [-0.1, -0.05) is 36.7 Å². The highest BCUT2D eigenvalue weighted by atomic mass is 32.2. The number of benzene rings is 1. The van der Waals surface area contributed by atoms with E-state index in [0.29, 0.717) is 21.8 Å². The summed E-state index contributed by atoms with van der Waals surface area (Å²) < 4.78 is 6.09. The molecule has 3 amide bonds. The molecule has 1 saturated carbocycles. The fourth-order valence-corrected chi connectivity index (χ4v) is 4.44. The summed E-state index contributed by atoms with van der Waals surface area (Å²) in [4.78, 5) is 53.0. The lowest BCUT2D eigenvalue weighted by Crippen LogP contribution is -2.43. The number of esters is 1. The second kappa shape index (κ2) is 10.9. The Kier molecular flexibility index (Phi) is 8.05. The van der Waals surface area contributed by atoms with Gasteiger partial charge in [0.2, 0.25) is 5.91 Å². The minimum atomic E-state index is -0.472. The zero-order valence-electron chi connectivity index (χ0n) is 17.4. The van der Waals surface area contributed by atoms with Crippen LogP contribution in [0.5, 0.6) is 0 Å². The van der Waals surface area contributed by atoms with Crippen LogP contribution in [-0.4, -0.2) is 46.4 Å². The van der Waals surface area contributed by atoms with Crippen LogP contribution in [0.25, 0.3) is 10.9 Å². The molecule has 0 atom stereocenters. The largest absolute Gasteiger partial charge is 0.469 e. The fourth-order valence-electron chi connectivity index (χ4n) is 3.48. The smallest absolute Gasteiger partial charge is 0.321 e. The van der Waals surface area contributed by atoms with Gasteiger partial charge in [0.15, 0.2) is 5.16 Å². The van der Waals surface area contributed by atoms with Crippen molar-refractivity contribution in [2.75, 3.05) is 12.9 Å². The number of nitrogens with zero attached hydrogens (tertiary/aromatic N) is 2. The number of carbonyl (C=O) groups excluding carboxylic acids is 3. The summed E-state index contributed by atoms with van der Waals surface area (Å²) >= 11 is 1.23. The Hall–Kier alpha value is -2.88. The first-order valence-corrected chi connectivity index (χ1v) is 11.3. The van der Waals surface area contributed by atoms with Crippen LogP contribution in [0.15, 0.2) is 34.2 Å². The molecule has 2 N–H and O–H groups in total. The van der Waals surface area contributed by atoms with Crippen molar-refractivity contribution in [3.8, 4) is 0 Å². The summed E-state index contributed by atoms with van der Waals surface area (Å²) in [7, 11) is 1.29. The minimum absolute atomic E-state index is 0.0335. The molecule has 3 rings (SSSR count). The zero-order valence-corrected chi connectivity index (χ0v) is 18.2. The molecule has 1 aliphatic carbocycles. The molecule has 1 aromatic heterocycles. The van der Waals surface area contributed by atoms with Gasteiger partial charge in [0.1, 0.15) is 0 Å². The highest BCUT2D eigenvalue weighted by Gasteiger charge is 2.18. The SMILES string of the molecule is COC(=O)CCn1c(SCCC(=O)NC(=O)NC2CCCC2)nc2ccccc2c1=O. The monoisotopic (exact) mass is 446 g/mol. The lowest BCUT2D eigenvalue weighted by molar-refractivity contribution is -0.140. The molecule has 0 aliphatic heterocycles. The van der Waals surface area contributed by atoms with E-state index in [1.54, 1.807) is 24.3 Å². The molecule has 1 fully saturated rings. The highest BCUT2D eigenvalue weighted by Crippen LogP contribution is 2.19. The first kappa shape index (κ1) is 22.8. The third kappa shape index (κ3) is 6.30. The summed E-state index contributed by atoms with van der Waals surface area (Å²) in [6.45, 7) is 0.127. The van der Waals surface area contributed by atoms with Crippen LogP contribution in [0.4, 0.5) is 4.79 Å². The van der Waals surface area contributed by atoms with Crippen molar-refractivity contribution in [3.63, 3.8) is 0 Å². The number of aromatic nitrogens is 2. The van der Waals surface area contributed by atoms with Gasteiger partial charge in [0.25, 0.3) is 5.56 Å². The average Bonchev–Trinajstić information content (AvgIpc) is 3.26. The number of nitrogens with one attached hydrogen (secondary N) is 2. The van der Waals surface area contributed by atoms with E-state index in [0.717, 1.165) is 25.7 Å². The lowest BCUT2D eigenvalue weighted by Gasteiger charge is -2.13. The maximum Gasteiger partial charge on any atom is 0.321 e. The molecule has 0 saturated heterocycles. The quantitative estimate of drug-likeness (QED) is 0.362. The molecule has 0 unspecified atom stereocenters. The number of fused-ring (bicyclic) bond motifs is 1. The number of hydrogen-bond donors (Lipinski definition) is 2. The molecule has 2 aromatic rings. The van der Waals surface area contributed by atoms with Crippen LogP contribution in [0, 0.1) is 0 Å². The molecule has 0 radical (unpaired) electrons. The maximum absolute atomic E-state index is 12.9. The van der Waals surface area contributed by atoms with Gasteiger partial charge < -0.3 is 10.1 Å². The van der Waals surface area contributed by atoms with Crippen molar-refractivity contribution in [1.82, 2.24) is 20.2 Å². The van der Waals surface area contributed by atoms with Crippen LogP contribution in [0.3, 0.4) is 0 Å². The molecule has 166 valence electrons. The molecule has 31 heavy (non-hydrogen) atoms. The van der Waals surface area contributed by atoms with Crippen LogP contribution >= 0.6 is 11.8 Å². The molecule has 9 nitrogen and oxygen atoms in total. The number of rotatable bonds is 8. The Morgan fingerprint density at radius 3 is 2.68 bits per heavy atom. The van der Waals surface area contributed by atoms with Gasteiger partial charge in [-0.25, -0.2) is 9.78 Å². The van der Waals surface area contributed by atoms with Crippen LogP contribution in [-0.2, 0) is 20.9 Å². The summed E-state index contributed by atoms with van der Waals surface area (Å²) in [5.74, 6) is -0.498. The molecule has 1 heterocycles. The van der Waals surface area contributed by atoms with Gasteiger partial charge in [0.05, 0.1) is 24.4 Å². The van der Waals surface area contributed by atoms with Crippen molar-refractivity contribution < 1.29 is 19.1 Å². The van der Waals surface area contributed by atoms with E-state index in [1.807, 2.05) is 0 Å². The third-order valence-corrected chi connectivity index (χ3v) is 6.08. The number of para-hydroxylation sites is 1. The predicted molar refractivity (Wildman–Crippen MR) is 117 cm³/mol. The number of thioether (sulfide) groups is 1. The van der Waals surface area contributed by atoms with E-state index in [9.17, 15) is 19.2 Å². The van der Waals surface area contributed by atoms with Gasteiger partial charge in [-0.2, -0.15) is 0 Å². The number of hydrogen-bond acceptors (Lipinski definition) is 7. The summed E-state index contributed by atoms with van der Waals surface area (Å²) in [6.07, 6.45) is 4.18. The first-order valence-electron chi connectivity index (χ1n) is 10.3. The first-order chi connectivity index (χ1) is 15.0. The molecule has 0 spiro atoms. The van der Waals surface area contributed by atoms with Crippen LogP contribution < -0.4 is 16.2 Å².